The van der Waals surface area contributed by atoms with E-state index in [1.807, 2.05) is 13.8 Å². The van der Waals surface area contributed by atoms with Gasteiger partial charge in [-0.2, -0.15) is 0 Å². The second-order valence-electron chi connectivity index (χ2n) is 3.00. The molecule has 4 nitrogen and oxygen atoms in total. The van der Waals surface area contributed by atoms with Gasteiger partial charge in [-0.25, -0.2) is 0 Å². The van der Waals surface area contributed by atoms with Gasteiger partial charge in [-0.05, 0) is 6.42 Å². The zero-order valence-electron chi connectivity index (χ0n) is 8.33. The van der Waals surface area contributed by atoms with Gasteiger partial charge >= 0.3 is 0 Å². The second kappa shape index (κ2) is 4.60. The molecule has 0 aromatic carbocycles. The predicted octanol–water partition coefficient (Wildman–Crippen LogP) is 0.929. The number of hydrogen-bond donors (Lipinski definition) is 2. The van der Waals surface area contributed by atoms with E-state index < -0.39 is 6.29 Å². The molecule has 2 atom stereocenters. The van der Waals surface area contributed by atoms with Crippen LogP contribution < -0.4 is 5.48 Å². The van der Waals surface area contributed by atoms with Crippen molar-refractivity contribution in [3.63, 3.8) is 0 Å². The van der Waals surface area contributed by atoms with Crippen LogP contribution in [0.5, 0.6) is 0 Å². The average molecular weight is 187 g/mol. The lowest BCUT2D eigenvalue weighted by molar-refractivity contribution is -0.0484. The lowest BCUT2D eigenvalue weighted by Crippen LogP contribution is -2.29. The van der Waals surface area contributed by atoms with Crippen molar-refractivity contribution in [2.24, 2.45) is 0 Å². The average Bonchev–Trinajstić information content (AvgIpc) is 2.59. The van der Waals surface area contributed by atoms with Crippen molar-refractivity contribution in [1.82, 2.24) is 5.48 Å². The standard InChI is InChI=1S/C9H17NO3/c1-4-6-8(9(11)12-3)7(5-2)13-10-6/h6,9-11H,4-5H2,1-3H3/t6?,9-/m0/s1. The number of ether oxygens (including phenoxy) is 1. The Kier molecular flexibility index (Phi) is 3.71. The van der Waals surface area contributed by atoms with E-state index in [1.165, 1.54) is 7.11 Å². The molecule has 1 aliphatic heterocycles. The Bertz CT molecular complexity index is 203. The molecule has 0 saturated heterocycles. The molecule has 0 aromatic rings. The molecule has 1 aliphatic rings. The monoisotopic (exact) mass is 187 g/mol. The van der Waals surface area contributed by atoms with E-state index in [2.05, 4.69) is 5.48 Å². The first-order valence-corrected chi connectivity index (χ1v) is 4.60. The minimum Gasteiger partial charge on any atom is -0.412 e. The number of hydrogen-bond acceptors (Lipinski definition) is 4. The van der Waals surface area contributed by atoms with Crippen molar-refractivity contribution in [3.05, 3.63) is 11.3 Å². The minimum atomic E-state index is -0.852. The molecule has 0 spiro atoms. The Labute approximate surface area is 78.5 Å². The van der Waals surface area contributed by atoms with Crippen LogP contribution in [0.1, 0.15) is 26.7 Å². The molecule has 1 rings (SSSR count). The van der Waals surface area contributed by atoms with E-state index in [9.17, 15) is 5.11 Å². The SMILES string of the molecule is CCC1=C([C@@H](O)OC)C(CC)NO1. The van der Waals surface area contributed by atoms with E-state index >= 15 is 0 Å². The smallest absolute Gasteiger partial charge is 0.182 e. The van der Waals surface area contributed by atoms with Crippen LogP contribution in [-0.4, -0.2) is 24.5 Å². The van der Waals surface area contributed by atoms with E-state index in [4.69, 9.17) is 9.57 Å². The molecule has 2 N–H and O–H groups in total. The van der Waals surface area contributed by atoms with Gasteiger partial charge in [-0.15, -0.1) is 5.48 Å². The van der Waals surface area contributed by atoms with Gasteiger partial charge in [0.1, 0.15) is 5.76 Å². The first-order chi connectivity index (χ1) is 6.24. The number of rotatable bonds is 4. The molecule has 0 aliphatic carbocycles. The lowest BCUT2D eigenvalue weighted by atomic mass is 10.0. The molecule has 0 saturated carbocycles. The number of allylic oxidation sites excluding steroid dienone is 1. The molecule has 13 heavy (non-hydrogen) atoms. The molecule has 1 heterocycles. The number of hydroxylamine groups is 1. The summed E-state index contributed by atoms with van der Waals surface area (Å²) in [7, 11) is 1.48. The number of nitrogens with one attached hydrogen (secondary N) is 1. The molecule has 76 valence electrons. The predicted molar refractivity (Wildman–Crippen MR) is 48.6 cm³/mol. The third-order valence-electron chi connectivity index (χ3n) is 2.24. The van der Waals surface area contributed by atoms with Crippen molar-refractivity contribution < 1.29 is 14.7 Å². The third kappa shape index (κ3) is 2.02. The highest BCUT2D eigenvalue weighted by Gasteiger charge is 2.30. The summed E-state index contributed by atoms with van der Waals surface area (Å²) >= 11 is 0. The highest BCUT2D eigenvalue weighted by atomic mass is 16.7. The Morgan fingerprint density at radius 2 is 2.31 bits per heavy atom. The fourth-order valence-electron chi connectivity index (χ4n) is 1.48. The Morgan fingerprint density at radius 3 is 2.77 bits per heavy atom. The van der Waals surface area contributed by atoms with Crippen LogP contribution in [0, 0.1) is 0 Å². The molecule has 0 aromatic heterocycles. The Hall–Kier alpha value is -0.580. The summed E-state index contributed by atoms with van der Waals surface area (Å²) in [6, 6.07) is 0.0740. The normalized spacial score (nSPS) is 24.8. The van der Waals surface area contributed by atoms with Gasteiger partial charge in [0.25, 0.3) is 0 Å². The lowest BCUT2D eigenvalue weighted by Gasteiger charge is -2.14. The third-order valence-corrected chi connectivity index (χ3v) is 2.24. The van der Waals surface area contributed by atoms with Gasteiger partial charge in [0, 0.05) is 19.1 Å². The molecule has 0 fully saturated rings. The Morgan fingerprint density at radius 1 is 1.62 bits per heavy atom. The van der Waals surface area contributed by atoms with Gasteiger partial charge in [0.2, 0.25) is 0 Å². The Balaban J connectivity index is 2.81. The van der Waals surface area contributed by atoms with Crippen LogP contribution in [-0.2, 0) is 9.57 Å². The summed E-state index contributed by atoms with van der Waals surface area (Å²) in [5.74, 6) is 0.793. The van der Waals surface area contributed by atoms with Crippen LogP contribution in [0.4, 0.5) is 0 Å². The summed E-state index contributed by atoms with van der Waals surface area (Å²) in [5.41, 5.74) is 3.68. The summed E-state index contributed by atoms with van der Waals surface area (Å²) in [6.07, 6.45) is 0.785. The maximum atomic E-state index is 9.56. The van der Waals surface area contributed by atoms with Crippen LogP contribution >= 0.6 is 0 Å². The molecule has 0 bridgehead atoms. The first-order valence-electron chi connectivity index (χ1n) is 4.60. The number of aliphatic hydroxyl groups excluding tert-OH is 1. The zero-order chi connectivity index (χ0) is 9.84. The summed E-state index contributed by atoms with van der Waals surface area (Å²) < 4.78 is 4.88. The maximum absolute atomic E-state index is 9.56. The minimum absolute atomic E-state index is 0.0740. The quantitative estimate of drug-likeness (QED) is 0.643. The van der Waals surface area contributed by atoms with Crippen molar-refractivity contribution in [2.75, 3.05) is 7.11 Å². The fraction of sp³-hybridized carbons (Fsp3) is 0.778. The number of aliphatic hydroxyl groups is 1. The van der Waals surface area contributed by atoms with E-state index in [1.54, 1.807) is 0 Å². The molecular weight excluding hydrogens is 170 g/mol. The second-order valence-corrected chi connectivity index (χ2v) is 3.00. The zero-order valence-corrected chi connectivity index (χ0v) is 8.33. The molecule has 1 unspecified atom stereocenters. The fourth-order valence-corrected chi connectivity index (χ4v) is 1.48. The van der Waals surface area contributed by atoms with Crippen molar-refractivity contribution in [1.29, 1.82) is 0 Å². The topological polar surface area (TPSA) is 50.7 Å². The van der Waals surface area contributed by atoms with E-state index in [0.29, 0.717) is 0 Å². The highest BCUT2D eigenvalue weighted by Crippen LogP contribution is 2.25. The molecular formula is C9H17NO3. The van der Waals surface area contributed by atoms with E-state index in [-0.39, 0.29) is 6.04 Å². The molecule has 4 heteroatoms. The summed E-state index contributed by atoms with van der Waals surface area (Å²) in [6.45, 7) is 4.01. The van der Waals surface area contributed by atoms with Crippen molar-refractivity contribution >= 4 is 0 Å². The van der Waals surface area contributed by atoms with Crippen LogP contribution in [0.25, 0.3) is 0 Å². The van der Waals surface area contributed by atoms with Crippen LogP contribution in [0.3, 0.4) is 0 Å². The summed E-state index contributed by atoms with van der Waals surface area (Å²) in [5, 5.41) is 9.56. The largest absolute Gasteiger partial charge is 0.412 e. The highest BCUT2D eigenvalue weighted by molar-refractivity contribution is 5.20. The molecule has 0 amide bonds. The van der Waals surface area contributed by atoms with Gasteiger partial charge in [0.05, 0.1) is 6.04 Å². The van der Waals surface area contributed by atoms with Gasteiger partial charge in [-0.3, -0.25) is 0 Å². The van der Waals surface area contributed by atoms with E-state index in [0.717, 1.165) is 24.2 Å². The van der Waals surface area contributed by atoms with Gasteiger partial charge < -0.3 is 14.7 Å². The van der Waals surface area contributed by atoms with Gasteiger partial charge in [-0.1, -0.05) is 13.8 Å². The summed E-state index contributed by atoms with van der Waals surface area (Å²) in [4.78, 5) is 5.23. The van der Waals surface area contributed by atoms with Crippen molar-refractivity contribution in [2.45, 2.75) is 39.0 Å². The van der Waals surface area contributed by atoms with Crippen LogP contribution in [0.15, 0.2) is 11.3 Å². The molecule has 0 radical (unpaired) electrons. The van der Waals surface area contributed by atoms with Crippen molar-refractivity contribution in [3.8, 4) is 0 Å². The maximum Gasteiger partial charge on any atom is 0.182 e. The first kappa shape index (κ1) is 10.5. The van der Waals surface area contributed by atoms with Gasteiger partial charge in [0.15, 0.2) is 6.29 Å². The van der Waals surface area contributed by atoms with Crippen LogP contribution in [0.2, 0.25) is 0 Å². The number of methoxy groups -OCH3 is 1.